The van der Waals surface area contributed by atoms with Crippen molar-refractivity contribution in [2.24, 2.45) is 5.41 Å². The van der Waals surface area contributed by atoms with Gasteiger partial charge < -0.3 is 5.11 Å². The summed E-state index contributed by atoms with van der Waals surface area (Å²) in [7, 11) is 0. The molecule has 1 heterocycles. The Hall–Kier alpha value is -2.31. The molecule has 20 heavy (non-hydrogen) atoms. The molecule has 0 aliphatic heterocycles. The van der Waals surface area contributed by atoms with Crippen molar-refractivity contribution in [2.75, 3.05) is 0 Å². The van der Waals surface area contributed by atoms with Crippen LogP contribution in [-0.2, 0) is 11.3 Å². The van der Waals surface area contributed by atoms with E-state index in [1.807, 2.05) is 0 Å². The molecule has 1 aromatic heterocycles. The zero-order valence-electron chi connectivity index (χ0n) is 11.5. The predicted molar refractivity (Wildman–Crippen MR) is 69.4 cm³/mol. The minimum atomic E-state index is -1.00. The van der Waals surface area contributed by atoms with Crippen LogP contribution in [0.1, 0.15) is 19.4 Å². The van der Waals surface area contributed by atoms with E-state index in [0.717, 1.165) is 0 Å². The van der Waals surface area contributed by atoms with Crippen molar-refractivity contribution in [2.45, 2.75) is 27.3 Å². The molecule has 106 valence electrons. The quantitative estimate of drug-likeness (QED) is 0.923. The maximum atomic E-state index is 13.3. The Bertz CT molecular complexity index is 652. The molecule has 7 heteroatoms. The minimum absolute atomic E-state index is 0.126. The molecule has 0 aliphatic rings. The van der Waals surface area contributed by atoms with Crippen molar-refractivity contribution in [1.29, 1.82) is 0 Å². The van der Waals surface area contributed by atoms with Gasteiger partial charge in [-0.2, -0.15) is 0 Å². The number of tetrazole rings is 1. The zero-order valence-corrected chi connectivity index (χ0v) is 11.5. The minimum Gasteiger partial charge on any atom is -0.481 e. The van der Waals surface area contributed by atoms with Crippen LogP contribution in [0.15, 0.2) is 18.2 Å². The molecule has 0 spiro atoms. The molecule has 1 N–H and O–H groups in total. The SMILES string of the molecule is Cc1cc(-c2nnnn2CC(C)(C)C(=O)O)ccc1F. The van der Waals surface area contributed by atoms with Crippen LogP contribution in [0.25, 0.3) is 11.4 Å². The first kappa shape index (κ1) is 14.1. The third kappa shape index (κ3) is 2.66. The first-order valence-corrected chi connectivity index (χ1v) is 6.07. The average Bonchev–Trinajstić information content (AvgIpc) is 2.80. The topological polar surface area (TPSA) is 80.9 Å². The van der Waals surface area contributed by atoms with E-state index >= 15 is 0 Å². The smallest absolute Gasteiger partial charge is 0.310 e. The summed E-state index contributed by atoms with van der Waals surface area (Å²) in [5.74, 6) is -0.824. The van der Waals surface area contributed by atoms with Gasteiger partial charge in [0.25, 0.3) is 0 Å². The molecule has 0 bridgehead atoms. The fourth-order valence-electron chi connectivity index (χ4n) is 1.74. The Balaban J connectivity index is 2.38. The molecule has 2 rings (SSSR count). The zero-order chi connectivity index (χ0) is 14.9. The third-order valence-electron chi connectivity index (χ3n) is 3.07. The highest BCUT2D eigenvalue weighted by molar-refractivity contribution is 5.73. The highest BCUT2D eigenvalue weighted by Gasteiger charge is 2.29. The molecule has 0 unspecified atom stereocenters. The predicted octanol–water partition coefficient (Wildman–Crippen LogP) is 1.90. The lowest BCUT2D eigenvalue weighted by Gasteiger charge is -2.19. The molecule has 0 saturated heterocycles. The Morgan fingerprint density at radius 2 is 2.15 bits per heavy atom. The largest absolute Gasteiger partial charge is 0.481 e. The van der Waals surface area contributed by atoms with E-state index < -0.39 is 11.4 Å². The molecule has 0 aliphatic carbocycles. The number of aryl methyl sites for hydroxylation is 1. The second-order valence-electron chi connectivity index (χ2n) is 5.31. The summed E-state index contributed by atoms with van der Waals surface area (Å²) in [5, 5.41) is 20.4. The lowest BCUT2D eigenvalue weighted by molar-refractivity contribution is -0.147. The molecule has 1 aromatic carbocycles. The van der Waals surface area contributed by atoms with Crippen LogP contribution in [0.2, 0.25) is 0 Å². The van der Waals surface area contributed by atoms with Crippen LogP contribution in [0.3, 0.4) is 0 Å². The molecule has 0 radical (unpaired) electrons. The lowest BCUT2D eigenvalue weighted by atomic mass is 9.94. The van der Waals surface area contributed by atoms with Crippen LogP contribution < -0.4 is 0 Å². The number of carboxylic acids is 1. The standard InChI is InChI=1S/C13H15FN4O2/c1-8-6-9(4-5-10(8)14)11-15-16-17-18(11)7-13(2,3)12(19)20/h4-6H,7H2,1-3H3,(H,19,20). The lowest BCUT2D eigenvalue weighted by Crippen LogP contribution is -2.30. The van der Waals surface area contributed by atoms with Crippen LogP contribution in [0, 0.1) is 18.2 Å². The van der Waals surface area contributed by atoms with E-state index in [0.29, 0.717) is 17.0 Å². The monoisotopic (exact) mass is 278 g/mol. The van der Waals surface area contributed by atoms with Crippen LogP contribution >= 0.6 is 0 Å². The molecule has 6 nitrogen and oxygen atoms in total. The fraction of sp³-hybridized carbons (Fsp3) is 0.385. The van der Waals surface area contributed by atoms with E-state index in [9.17, 15) is 9.18 Å². The van der Waals surface area contributed by atoms with Gasteiger partial charge in [-0.1, -0.05) is 0 Å². The molecule has 2 aromatic rings. The van der Waals surface area contributed by atoms with Crippen molar-refractivity contribution >= 4 is 5.97 Å². The number of aliphatic carboxylic acids is 1. The highest BCUT2D eigenvalue weighted by atomic mass is 19.1. The van der Waals surface area contributed by atoms with Gasteiger partial charge in [-0.25, -0.2) is 9.07 Å². The maximum Gasteiger partial charge on any atom is 0.310 e. The number of aromatic nitrogens is 4. The first-order valence-electron chi connectivity index (χ1n) is 6.07. The van der Waals surface area contributed by atoms with E-state index in [-0.39, 0.29) is 12.4 Å². The number of halogens is 1. The summed E-state index contributed by atoms with van der Waals surface area (Å²) in [5.41, 5.74) is 0.129. The molecular weight excluding hydrogens is 263 g/mol. The van der Waals surface area contributed by atoms with Crippen molar-refractivity contribution in [3.63, 3.8) is 0 Å². The number of rotatable bonds is 4. The number of hydrogen-bond acceptors (Lipinski definition) is 4. The van der Waals surface area contributed by atoms with E-state index in [1.165, 1.54) is 10.7 Å². The third-order valence-corrected chi connectivity index (χ3v) is 3.07. The van der Waals surface area contributed by atoms with Crippen molar-refractivity contribution in [3.8, 4) is 11.4 Å². The van der Waals surface area contributed by atoms with Crippen LogP contribution in [-0.4, -0.2) is 31.3 Å². The van der Waals surface area contributed by atoms with Crippen molar-refractivity contribution in [3.05, 3.63) is 29.6 Å². The van der Waals surface area contributed by atoms with E-state index in [4.69, 9.17) is 5.11 Å². The number of carboxylic acid groups (broad SMARTS) is 1. The summed E-state index contributed by atoms with van der Waals surface area (Å²) in [6.07, 6.45) is 0. The van der Waals surface area contributed by atoms with Gasteiger partial charge in [0.2, 0.25) is 0 Å². The van der Waals surface area contributed by atoms with E-state index in [2.05, 4.69) is 15.5 Å². The van der Waals surface area contributed by atoms with Crippen LogP contribution in [0.4, 0.5) is 4.39 Å². The Morgan fingerprint density at radius 3 is 2.75 bits per heavy atom. The number of hydrogen-bond donors (Lipinski definition) is 1. The molecule has 0 fully saturated rings. The number of carbonyl (C=O) groups is 1. The normalized spacial score (nSPS) is 11.6. The van der Waals surface area contributed by atoms with Gasteiger partial charge >= 0.3 is 5.97 Å². The summed E-state index contributed by atoms with van der Waals surface area (Å²) in [4.78, 5) is 11.2. The number of nitrogens with zero attached hydrogens (tertiary/aromatic N) is 4. The van der Waals surface area contributed by atoms with Gasteiger partial charge in [-0.3, -0.25) is 4.79 Å². The fourth-order valence-corrected chi connectivity index (χ4v) is 1.74. The number of benzene rings is 1. The van der Waals surface area contributed by atoms with Gasteiger partial charge in [0.15, 0.2) is 5.82 Å². The van der Waals surface area contributed by atoms with Gasteiger partial charge in [0.1, 0.15) is 5.82 Å². The molecular formula is C13H15FN4O2. The van der Waals surface area contributed by atoms with Crippen molar-refractivity contribution in [1.82, 2.24) is 20.2 Å². The van der Waals surface area contributed by atoms with E-state index in [1.54, 1.807) is 32.9 Å². The molecule has 0 saturated carbocycles. The van der Waals surface area contributed by atoms with Crippen molar-refractivity contribution < 1.29 is 14.3 Å². The Morgan fingerprint density at radius 1 is 1.45 bits per heavy atom. The second-order valence-corrected chi connectivity index (χ2v) is 5.31. The average molecular weight is 278 g/mol. The molecule has 0 amide bonds. The Labute approximate surface area is 115 Å². The Kier molecular flexibility index (Phi) is 3.52. The summed E-state index contributed by atoms with van der Waals surface area (Å²) < 4.78 is 14.7. The van der Waals surface area contributed by atoms with Gasteiger partial charge in [0.05, 0.1) is 12.0 Å². The maximum absolute atomic E-state index is 13.3. The van der Waals surface area contributed by atoms with Gasteiger partial charge in [0, 0.05) is 5.56 Å². The summed E-state index contributed by atoms with van der Waals surface area (Å²) in [6, 6.07) is 4.54. The second kappa shape index (κ2) is 4.99. The summed E-state index contributed by atoms with van der Waals surface area (Å²) >= 11 is 0. The highest BCUT2D eigenvalue weighted by Crippen LogP contribution is 2.23. The van der Waals surface area contributed by atoms with Gasteiger partial charge in [-0.05, 0) is 55.0 Å². The molecule has 0 atom stereocenters. The first-order chi connectivity index (χ1) is 9.31. The summed E-state index contributed by atoms with van der Waals surface area (Å²) in [6.45, 7) is 4.96. The van der Waals surface area contributed by atoms with Gasteiger partial charge in [-0.15, -0.1) is 5.10 Å². The van der Waals surface area contributed by atoms with Crippen LogP contribution in [0.5, 0.6) is 0 Å².